The van der Waals surface area contributed by atoms with Crippen LogP contribution in [0.2, 0.25) is 0 Å². The number of anilines is 1. The minimum absolute atomic E-state index is 0.569. The van der Waals surface area contributed by atoms with Crippen molar-refractivity contribution in [1.29, 1.82) is 0 Å². The van der Waals surface area contributed by atoms with E-state index in [9.17, 15) is 0 Å². The molecule has 1 N–H and O–H groups in total. The van der Waals surface area contributed by atoms with E-state index in [1.54, 1.807) is 21.3 Å². The van der Waals surface area contributed by atoms with E-state index < -0.39 is 0 Å². The van der Waals surface area contributed by atoms with Crippen molar-refractivity contribution >= 4 is 11.5 Å². The summed E-state index contributed by atoms with van der Waals surface area (Å²) in [7, 11) is 4.84. The Hall–Kier alpha value is -3.67. The average molecular weight is 389 g/mol. The van der Waals surface area contributed by atoms with Crippen molar-refractivity contribution in [3.8, 4) is 28.5 Å². The molecule has 0 saturated heterocycles. The highest BCUT2D eigenvalue weighted by molar-refractivity contribution is 5.76. The maximum absolute atomic E-state index is 5.47. The quantitative estimate of drug-likeness (QED) is 0.499. The molecule has 2 aromatic heterocycles. The second-order valence-electron chi connectivity index (χ2n) is 6.49. The van der Waals surface area contributed by atoms with E-state index in [1.807, 2.05) is 54.7 Å². The maximum Gasteiger partial charge on any atom is 0.203 e. The number of nitrogens with one attached hydrogen (secondary N) is 1. The summed E-state index contributed by atoms with van der Waals surface area (Å²) in [5, 5.41) is 3.54. The molecule has 0 saturated carbocycles. The van der Waals surface area contributed by atoms with Crippen LogP contribution in [-0.4, -0.2) is 30.7 Å². The molecule has 2 heterocycles. The third-order valence-electron chi connectivity index (χ3n) is 4.76. The third-order valence-corrected chi connectivity index (χ3v) is 4.76. The SMILES string of the molecule is COc1cc(CNc2c(-c3ccccc3)nc3ccccn23)cc(OC)c1OC. The van der Waals surface area contributed by atoms with Crippen LogP contribution in [0.3, 0.4) is 0 Å². The molecule has 29 heavy (non-hydrogen) atoms. The van der Waals surface area contributed by atoms with Crippen molar-refractivity contribution in [2.75, 3.05) is 26.6 Å². The summed E-state index contributed by atoms with van der Waals surface area (Å²) in [5.41, 5.74) is 3.86. The largest absolute Gasteiger partial charge is 0.493 e. The highest BCUT2D eigenvalue weighted by atomic mass is 16.5. The number of benzene rings is 2. The summed E-state index contributed by atoms with van der Waals surface area (Å²) in [6.45, 7) is 0.569. The number of imidazole rings is 1. The van der Waals surface area contributed by atoms with Crippen LogP contribution in [0.5, 0.6) is 17.2 Å². The summed E-state index contributed by atoms with van der Waals surface area (Å²) >= 11 is 0. The second kappa shape index (κ2) is 8.14. The Morgan fingerprint density at radius 1 is 0.862 bits per heavy atom. The Bertz CT molecular complexity index is 1100. The molecule has 0 spiro atoms. The van der Waals surface area contributed by atoms with Crippen LogP contribution in [-0.2, 0) is 6.54 Å². The van der Waals surface area contributed by atoms with Gasteiger partial charge in [0, 0.05) is 18.3 Å². The van der Waals surface area contributed by atoms with Crippen molar-refractivity contribution in [3.05, 3.63) is 72.4 Å². The Morgan fingerprint density at radius 3 is 2.21 bits per heavy atom. The van der Waals surface area contributed by atoms with Crippen molar-refractivity contribution in [1.82, 2.24) is 9.38 Å². The number of fused-ring (bicyclic) bond motifs is 1. The van der Waals surface area contributed by atoms with Crippen LogP contribution in [0, 0.1) is 0 Å². The predicted octanol–water partition coefficient (Wildman–Crippen LogP) is 4.64. The molecule has 6 nitrogen and oxygen atoms in total. The van der Waals surface area contributed by atoms with Gasteiger partial charge in [0.2, 0.25) is 5.75 Å². The van der Waals surface area contributed by atoms with Crippen LogP contribution < -0.4 is 19.5 Å². The van der Waals surface area contributed by atoms with Gasteiger partial charge in [-0.2, -0.15) is 0 Å². The first kappa shape index (κ1) is 18.7. The number of aromatic nitrogens is 2. The van der Waals surface area contributed by atoms with Crippen LogP contribution in [0.15, 0.2) is 66.9 Å². The van der Waals surface area contributed by atoms with Crippen LogP contribution in [0.1, 0.15) is 5.56 Å². The fraction of sp³-hybridized carbons (Fsp3) is 0.174. The zero-order valence-electron chi connectivity index (χ0n) is 16.7. The summed E-state index contributed by atoms with van der Waals surface area (Å²) < 4.78 is 18.4. The Balaban J connectivity index is 1.72. The van der Waals surface area contributed by atoms with Crippen molar-refractivity contribution in [2.45, 2.75) is 6.54 Å². The molecule has 0 bridgehead atoms. The molecule has 4 rings (SSSR count). The highest BCUT2D eigenvalue weighted by Crippen LogP contribution is 2.38. The molecule has 6 heteroatoms. The van der Waals surface area contributed by atoms with Crippen LogP contribution in [0.4, 0.5) is 5.82 Å². The maximum atomic E-state index is 5.47. The van der Waals surface area contributed by atoms with Crippen LogP contribution >= 0.6 is 0 Å². The summed E-state index contributed by atoms with van der Waals surface area (Å²) in [5.74, 6) is 2.77. The van der Waals surface area contributed by atoms with Gasteiger partial charge in [0.25, 0.3) is 0 Å². The van der Waals surface area contributed by atoms with E-state index in [0.717, 1.165) is 28.3 Å². The second-order valence-corrected chi connectivity index (χ2v) is 6.49. The number of hydrogen-bond acceptors (Lipinski definition) is 5. The van der Waals surface area contributed by atoms with Gasteiger partial charge in [0.15, 0.2) is 11.5 Å². The lowest BCUT2D eigenvalue weighted by atomic mass is 10.1. The molecule has 0 atom stereocenters. The van der Waals surface area contributed by atoms with Gasteiger partial charge in [-0.3, -0.25) is 4.40 Å². The summed E-state index contributed by atoms with van der Waals surface area (Å²) in [6.07, 6.45) is 2.01. The number of hydrogen-bond donors (Lipinski definition) is 1. The molecule has 0 aliphatic carbocycles. The van der Waals surface area contributed by atoms with Gasteiger partial charge in [-0.05, 0) is 29.8 Å². The van der Waals surface area contributed by atoms with E-state index in [2.05, 4.69) is 21.9 Å². The Kier molecular flexibility index (Phi) is 5.24. The van der Waals surface area contributed by atoms with Gasteiger partial charge < -0.3 is 19.5 Å². The van der Waals surface area contributed by atoms with E-state index in [-0.39, 0.29) is 0 Å². The fourth-order valence-electron chi connectivity index (χ4n) is 3.39. The first-order valence-electron chi connectivity index (χ1n) is 9.30. The van der Waals surface area contributed by atoms with Gasteiger partial charge in [-0.15, -0.1) is 0 Å². The summed E-state index contributed by atoms with van der Waals surface area (Å²) in [6, 6.07) is 20.0. The molecule has 2 aromatic carbocycles. The van der Waals surface area contributed by atoms with Gasteiger partial charge in [-0.25, -0.2) is 4.98 Å². The van der Waals surface area contributed by atoms with Gasteiger partial charge >= 0.3 is 0 Å². The molecular formula is C23H23N3O3. The topological polar surface area (TPSA) is 57.0 Å². The fourth-order valence-corrected chi connectivity index (χ4v) is 3.39. The number of pyridine rings is 1. The molecule has 0 amide bonds. The lowest BCUT2D eigenvalue weighted by Gasteiger charge is -2.15. The standard InChI is InChI=1S/C23H23N3O3/c1-27-18-13-16(14-19(28-2)22(18)29-3)15-24-23-21(17-9-5-4-6-10-17)25-20-11-7-8-12-26(20)23/h4-14,24H,15H2,1-3H3. The molecular weight excluding hydrogens is 366 g/mol. The molecule has 148 valence electrons. The van der Waals surface area contributed by atoms with Gasteiger partial charge in [0.05, 0.1) is 21.3 Å². The average Bonchev–Trinajstić information content (AvgIpc) is 3.16. The van der Waals surface area contributed by atoms with Crippen molar-refractivity contribution in [3.63, 3.8) is 0 Å². The summed E-state index contributed by atoms with van der Waals surface area (Å²) in [4.78, 5) is 4.82. The van der Waals surface area contributed by atoms with E-state index in [1.165, 1.54) is 0 Å². The normalized spacial score (nSPS) is 10.7. The number of rotatable bonds is 7. The highest BCUT2D eigenvalue weighted by Gasteiger charge is 2.16. The first-order chi connectivity index (χ1) is 14.2. The molecule has 0 aliphatic heterocycles. The molecule has 4 aromatic rings. The first-order valence-corrected chi connectivity index (χ1v) is 9.30. The van der Waals surface area contributed by atoms with Crippen molar-refractivity contribution in [2.24, 2.45) is 0 Å². The predicted molar refractivity (Wildman–Crippen MR) is 114 cm³/mol. The zero-order chi connectivity index (χ0) is 20.2. The van der Waals surface area contributed by atoms with Crippen LogP contribution in [0.25, 0.3) is 16.9 Å². The van der Waals surface area contributed by atoms with E-state index >= 15 is 0 Å². The minimum atomic E-state index is 0.569. The molecule has 0 aliphatic rings. The Labute approximate surface area is 169 Å². The molecule has 0 radical (unpaired) electrons. The molecule has 0 fully saturated rings. The van der Waals surface area contributed by atoms with E-state index in [0.29, 0.717) is 23.8 Å². The molecule has 0 unspecified atom stereocenters. The smallest absolute Gasteiger partial charge is 0.203 e. The van der Waals surface area contributed by atoms with Crippen molar-refractivity contribution < 1.29 is 14.2 Å². The number of ether oxygens (including phenoxy) is 3. The zero-order valence-corrected chi connectivity index (χ0v) is 16.7. The van der Waals surface area contributed by atoms with Gasteiger partial charge in [0.1, 0.15) is 17.2 Å². The lowest BCUT2D eigenvalue weighted by molar-refractivity contribution is 0.324. The Morgan fingerprint density at radius 2 is 1.55 bits per heavy atom. The van der Waals surface area contributed by atoms with E-state index in [4.69, 9.17) is 19.2 Å². The number of methoxy groups -OCH3 is 3. The monoisotopic (exact) mass is 389 g/mol. The third kappa shape index (κ3) is 3.57. The minimum Gasteiger partial charge on any atom is -0.493 e. The lowest BCUT2D eigenvalue weighted by Crippen LogP contribution is -2.05. The number of nitrogens with zero attached hydrogens (tertiary/aromatic N) is 2. The van der Waals surface area contributed by atoms with Gasteiger partial charge in [-0.1, -0.05) is 36.4 Å².